The maximum Gasteiger partial charge on any atom is 0.161 e. The lowest BCUT2D eigenvalue weighted by atomic mass is 9.66. The number of ether oxygens (including phenoxy) is 2. The highest BCUT2D eigenvalue weighted by Crippen LogP contribution is 2.53. The van der Waals surface area contributed by atoms with Crippen molar-refractivity contribution in [3.05, 3.63) is 23.3 Å². The fourth-order valence-corrected chi connectivity index (χ4v) is 4.82. The van der Waals surface area contributed by atoms with Crippen molar-refractivity contribution < 1.29 is 19.1 Å². The van der Waals surface area contributed by atoms with Gasteiger partial charge in [0.05, 0.1) is 26.3 Å². The van der Waals surface area contributed by atoms with Gasteiger partial charge in [-0.25, -0.2) is 0 Å². The smallest absolute Gasteiger partial charge is 0.161 e. The second kappa shape index (κ2) is 5.06. The molecule has 23 heavy (non-hydrogen) atoms. The van der Waals surface area contributed by atoms with E-state index >= 15 is 0 Å². The van der Waals surface area contributed by atoms with E-state index in [0.29, 0.717) is 24.5 Å². The number of fused-ring (bicyclic) bond motifs is 1. The number of methoxy groups -OCH3 is 2. The third-order valence-electron chi connectivity index (χ3n) is 5.74. The van der Waals surface area contributed by atoms with Crippen LogP contribution in [-0.4, -0.2) is 43.8 Å². The lowest BCUT2D eigenvalue weighted by molar-refractivity contribution is -0.135. The zero-order chi connectivity index (χ0) is 16.2. The molecule has 1 aromatic rings. The van der Waals surface area contributed by atoms with Crippen molar-refractivity contribution in [2.24, 2.45) is 5.92 Å². The molecule has 0 radical (unpaired) electrons. The number of benzene rings is 1. The largest absolute Gasteiger partial charge is 0.493 e. The number of ketones is 2. The van der Waals surface area contributed by atoms with Gasteiger partial charge in [-0.1, -0.05) is 0 Å². The zero-order valence-electron chi connectivity index (χ0n) is 13.6. The molecule has 1 saturated heterocycles. The molecule has 2 atom stereocenters. The standard InChI is InChI=1S/C18H21NO4/c1-22-15-8-11-5-7-19-10-14(21)17-13(20)4-3-6-18(17,19)12(11)9-16(15)23-2/h8-9,17H,3-7,10H2,1-2H3. The number of hydrogen-bond acceptors (Lipinski definition) is 5. The molecule has 2 unspecified atom stereocenters. The van der Waals surface area contributed by atoms with Gasteiger partial charge in [0.2, 0.25) is 0 Å². The average molecular weight is 315 g/mol. The van der Waals surface area contributed by atoms with Crippen molar-refractivity contribution in [1.29, 1.82) is 0 Å². The first-order valence-corrected chi connectivity index (χ1v) is 8.17. The number of rotatable bonds is 2. The van der Waals surface area contributed by atoms with Gasteiger partial charge in [-0.2, -0.15) is 0 Å². The van der Waals surface area contributed by atoms with Crippen molar-refractivity contribution >= 4 is 11.6 Å². The fraction of sp³-hybridized carbons (Fsp3) is 0.556. The van der Waals surface area contributed by atoms with E-state index in [2.05, 4.69) is 4.90 Å². The number of nitrogens with zero attached hydrogens (tertiary/aromatic N) is 1. The van der Waals surface area contributed by atoms with Gasteiger partial charge in [-0.15, -0.1) is 0 Å². The van der Waals surface area contributed by atoms with E-state index in [0.717, 1.165) is 31.4 Å². The van der Waals surface area contributed by atoms with E-state index in [-0.39, 0.29) is 11.6 Å². The summed E-state index contributed by atoms with van der Waals surface area (Å²) in [6, 6.07) is 4.00. The molecule has 122 valence electrons. The van der Waals surface area contributed by atoms with Crippen molar-refractivity contribution in [2.45, 2.75) is 31.2 Å². The van der Waals surface area contributed by atoms with Crippen LogP contribution >= 0.6 is 0 Å². The number of carbonyl (C=O) groups excluding carboxylic acids is 2. The summed E-state index contributed by atoms with van der Waals surface area (Å²) >= 11 is 0. The summed E-state index contributed by atoms with van der Waals surface area (Å²) in [6.07, 6.45) is 3.09. The van der Waals surface area contributed by atoms with Crippen LogP contribution in [0.1, 0.15) is 30.4 Å². The van der Waals surface area contributed by atoms with Crippen LogP contribution in [0.5, 0.6) is 11.5 Å². The van der Waals surface area contributed by atoms with E-state index in [1.165, 1.54) is 5.56 Å². The minimum Gasteiger partial charge on any atom is -0.493 e. The molecule has 2 heterocycles. The van der Waals surface area contributed by atoms with Gasteiger partial charge < -0.3 is 9.47 Å². The molecule has 5 heteroatoms. The highest BCUT2D eigenvalue weighted by molar-refractivity contribution is 6.07. The summed E-state index contributed by atoms with van der Waals surface area (Å²) in [5, 5.41) is 0. The first-order chi connectivity index (χ1) is 11.1. The van der Waals surface area contributed by atoms with Gasteiger partial charge in [0.25, 0.3) is 0 Å². The molecule has 2 fully saturated rings. The molecular formula is C18H21NO4. The zero-order valence-corrected chi connectivity index (χ0v) is 13.6. The Labute approximate surface area is 135 Å². The SMILES string of the molecule is COc1cc2c(cc1OC)C13CCCC(=O)C1C(=O)CN3CC2. The topological polar surface area (TPSA) is 55.8 Å². The fourth-order valence-electron chi connectivity index (χ4n) is 4.82. The minimum absolute atomic E-state index is 0.0809. The van der Waals surface area contributed by atoms with E-state index < -0.39 is 11.5 Å². The van der Waals surface area contributed by atoms with Gasteiger partial charge in [0.1, 0.15) is 11.7 Å². The lowest BCUT2D eigenvalue weighted by Crippen LogP contribution is -2.53. The summed E-state index contributed by atoms with van der Waals surface area (Å²) in [6.45, 7) is 1.21. The Bertz CT molecular complexity index is 699. The predicted octanol–water partition coefficient (Wildman–Crippen LogP) is 1.71. The van der Waals surface area contributed by atoms with Gasteiger partial charge in [-0.05, 0) is 42.5 Å². The second-order valence-electron chi connectivity index (χ2n) is 6.68. The van der Waals surface area contributed by atoms with Crippen LogP contribution in [0.15, 0.2) is 12.1 Å². The Morgan fingerprint density at radius 1 is 1.09 bits per heavy atom. The summed E-state index contributed by atoms with van der Waals surface area (Å²) < 4.78 is 10.9. The van der Waals surface area contributed by atoms with Crippen LogP contribution < -0.4 is 9.47 Å². The first-order valence-electron chi connectivity index (χ1n) is 8.17. The number of hydrogen-bond donors (Lipinski definition) is 0. The number of Topliss-reactive ketones (excluding diaryl/α,β-unsaturated/α-hetero) is 2. The third kappa shape index (κ3) is 1.83. The molecule has 1 spiro atoms. The highest BCUT2D eigenvalue weighted by atomic mass is 16.5. The summed E-state index contributed by atoms with van der Waals surface area (Å²) in [5.41, 5.74) is 1.80. The van der Waals surface area contributed by atoms with Crippen molar-refractivity contribution in [3.63, 3.8) is 0 Å². The molecule has 1 aromatic carbocycles. The average Bonchev–Trinajstić information content (AvgIpc) is 2.87. The van der Waals surface area contributed by atoms with Crippen LogP contribution in [0.2, 0.25) is 0 Å². The molecule has 1 aliphatic carbocycles. The normalized spacial score (nSPS) is 29.7. The Kier molecular flexibility index (Phi) is 3.23. The maximum atomic E-state index is 12.5. The highest BCUT2D eigenvalue weighted by Gasteiger charge is 2.60. The van der Waals surface area contributed by atoms with Crippen LogP contribution in [0, 0.1) is 5.92 Å². The summed E-state index contributed by atoms with van der Waals surface area (Å²) in [5.74, 6) is 1.05. The van der Waals surface area contributed by atoms with Crippen LogP contribution in [-0.2, 0) is 21.5 Å². The van der Waals surface area contributed by atoms with Gasteiger partial charge >= 0.3 is 0 Å². The summed E-state index contributed by atoms with van der Waals surface area (Å²) in [4.78, 5) is 27.3. The monoisotopic (exact) mass is 315 g/mol. The molecule has 0 bridgehead atoms. The molecule has 5 nitrogen and oxygen atoms in total. The minimum atomic E-state index is -0.506. The lowest BCUT2D eigenvalue weighted by Gasteiger charge is -2.48. The number of carbonyl (C=O) groups is 2. The second-order valence-corrected chi connectivity index (χ2v) is 6.68. The van der Waals surface area contributed by atoms with Crippen LogP contribution in [0.25, 0.3) is 0 Å². The Balaban J connectivity index is 1.94. The van der Waals surface area contributed by atoms with Gasteiger partial charge in [-0.3, -0.25) is 14.5 Å². The van der Waals surface area contributed by atoms with Crippen LogP contribution in [0.3, 0.4) is 0 Å². The molecule has 0 amide bonds. The molecule has 0 N–H and O–H groups in total. The van der Waals surface area contributed by atoms with Gasteiger partial charge in [0.15, 0.2) is 17.3 Å². The van der Waals surface area contributed by atoms with E-state index in [4.69, 9.17) is 9.47 Å². The Hall–Kier alpha value is -1.88. The van der Waals surface area contributed by atoms with Crippen molar-refractivity contribution in [2.75, 3.05) is 27.3 Å². The Morgan fingerprint density at radius 3 is 2.57 bits per heavy atom. The quantitative estimate of drug-likeness (QED) is 0.778. The van der Waals surface area contributed by atoms with E-state index in [9.17, 15) is 9.59 Å². The Morgan fingerprint density at radius 2 is 1.83 bits per heavy atom. The molecule has 3 aliphatic rings. The van der Waals surface area contributed by atoms with Gasteiger partial charge in [0, 0.05) is 13.0 Å². The maximum absolute atomic E-state index is 12.5. The summed E-state index contributed by atoms with van der Waals surface area (Å²) in [7, 11) is 3.25. The molecule has 2 aliphatic heterocycles. The molecular weight excluding hydrogens is 294 g/mol. The van der Waals surface area contributed by atoms with Crippen LogP contribution in [0.4, 0.5) is 0 Å². The van der Waals surface area contributed by atoms with Crippen molar-refractivity contribution in [1.82, 2.24) is 4.90 Å². The molecule has 1 saturated carbocycles. The predicted molar refractivity (Wildman–Crippen MR) is 83.9 cm³/mol. The molecule has 0 aromatic heterocycles. The first kappa shape index (κ1) is 14.7. The van der Waals surface area contributed by atoms with E-state index in [1.807, 2.05) is 12.1 Å². The third-order valence-corrected chi connectivity index (χ3v) is 5.74. The van der Waals surface area contributed by atoms with Crippen molar-refractivity contribution in [3.8, 4) is 11.5 Å². The molecule has 4 rings (SSSR count). The van der Waals surface area contributed by atoms with E-state index in [1.54, 1.807) is 14.2 Å².